The number of carbonyl (C=O) groups is 1. The zero-order chi connectivity index (χ0) is 14.0. The summed E-state index contributed by atoms with van der Waals surface area (Å²) < 4.78 is 12.5. The van der Waals surface area contributed by atoms with Crippen LogP contribution in [-0.2, 0) is 7.05 Å². The molecular formula is C13H13BrN2O3. The van der Waals surface area contributed by atoms with E-state index in [1.807, 2.05) is 0 Å². The molecule has 2 rings (SSSR count). The summed E-state index contributed by atoms with van der Waals surface area (Å²) in [5, 5.41) is 4.04. The van der Waals surface area contributed by atoms with Crippen molar-refractivity contribution in [2.75, 3.05) is 14.2 Å². The average molecular weight is 325 g/mol. The second-order valence-corrected chi connectivity index (χ2v) is 4.71. The molecule has 0 atom stereocenters. The lowest BCUT2D eigenvalue weighted by Gasteiger charge is -2.10. The van der Waals surface area contributed by atoms with E-state index in [0.717, 1.165) is 0 Å². The van der Waals surface area contributed by atoms with Crippen LogP contribution in [0.15, 0.2) is 28.9 Å². The maximum Gasteiger partial charge on any atom is 0.215 e. The molecule has 0 radical (unpaired) electrons. The highest BCUT2D eigenvalue weighted by Gasteiger charge is 2.21. The van der Waals surface area contributed by atoms with E-state index < -0.39 is 0 Å². The molecule has 19 heavy (non-hydrogen) atoms. The van der Waals surface area contributed by atoms with Gasteiger partial charge in [0.25, 0.3) is 0 Å². The molecule has 1 aromatic heterocycles. The van der Waals surface area contributed by atoms with Crippen LogP contribution in [0.3, 0.4) is 0 Å². The van der Waals surface area contributed by atoms with Crippen molar-refractivity contribution in [1.82, 2.24) is 9.78 Å². The predicted octanol–water partition coefficient (Wildman–Crippen LogP) is 2.43. The highest BCUT2D eigenvalue weighted by atomic mass is 79.9. The van der Waals surface area contributed by atoms with Crippen LogP contribution in [0.2, 0.25) is 0 Å². The third kappa shape index (κ3) is 2.49. The van der Waals surface area contributed by atoms with Crippen LogP contribution in [0.4, 0.5) is 0 Å². The van der Waals surface area contributed by atoms with Gasteiger partial charge in [-0.3, -0.25) is 9.48 Å². The van der Waals surface area contributed by atoms with Crippen LogP contribution < -0.4 is 9.47 Å². The molecule has 0 unspecified atom stereocenters. The molecule has 5 nitrogen and oxygen atoms in total. The van der Waals surface area contributed by atoms with Crippen molar-refractivity contribution in [2.24, 2.45) is 7.05 Å². The molecule has 0 saturated carbocycles. The van der Waals surface area contributed by atoms with Crippen LogP contribution >= 0.6 is 15.9 Å². The van der Waals surface area contributed by atoms with Crippen molar-refractivity contribution < 1.29 is 14.3 Å². The maximum atomic E-state index is 12.5. The molecule has 0 N–H and O–H groups in total. The molecule has 0 bridgehead atoms. The fraction of sp³-hybridized carbons (Fsp3) is 0.231. The van der Waals surface area contributed by atoms with Crippen molar-refractivity contribution in [3.8, 4) is 11.5 Å². The lowest BCUT2D eigenvalue weighted by molar-refractivity contribution is 0.102. The zero-order valence-electron chi connectivity index (χ0n) is 10.8. The number of carbonyl (C=O) groups excluding carboxylic acids is 1. The first-order valence-corrected chi connectivity index (χ1v) is 6.32. The molecule has 6 heteroatoms. The summed E-state index contributed by atoms with van der Waals surface area (Å²) in [5.74, 6) is 0.946. The van der Waals surface area contributed by atoms with Crippen molar-refractivity contribution >= 4 is 21.7 Å². The molecule has 2 aromatic rings. The maximum absolute atomic E-state index is 12.5. The molecule has 0 fully saturated rings. The van der Waals surface area contributed by atoms with Gasteiger partial charge in [-0.15, -0.1) is 0 Å². The van der Waals surface area contributed by atoms with Crippen LogP contribution in [0.1, 0.15) is 16.1 Å². The van der Waals surface area contributed by atoms with Gasteiger partial charge in [-0.25, -0.2) is 0 Å². The van der Waals surface area contributed by atoms with Crippen LogP contribution in [0.5, 0.6) is 11.5 Å². The summed E-state index contributed by atoms with van der Waals surface area (Å²) in [6.45, 7) is 0. The fourth-order valence-electron chi connectivity index (χ4n) is 1.78. The number of ether oxygens (including phenoxy) is 2. The average Bonchev–Trinajstić information content (AvgIpc) is 2.76. The summed E-state index contributed by atoms with van der Waals surface area (Å²) in [7, 11) is 4.80. The molecule has 0 aliphatic carbocycles. The number of hydrogen-bond acceptors (Lipinski definition) is 4. The third-order valence-corrected chi connectivity index (χ3v) is 3.34. The van der Waals surface area contributed by atoms with E-state index in [9.17, 15) is 4.79 Å². The number of halogens is 1. The van der Waals surface area contributed by atoms with E-state index in [1.165, 1.54) is 11.8 Å². The second kappa shape index (κ2) is 5.44. The lowest BCUT2D eigenvalue weighted by Crippen LogP contribution is -2.10. The quantitative estimate of drug-likeness (QED) is 0.810. The Kier molecular flexibility index (Phi) is 3.90. The molecule has 0 amide bonds. The SMILES string of the molecule is COc1ccc(C(=O)c2c(Br)cnn2C)c(OC)c1. The number of methoxy groups -OCH3 is 2. The van der Waals surface area contributed by atoms with Gasteiger partial charge in [0.05, 0.1) is 30.5 Å². The van der Waals surface area contributed by atoms with E-state index in [1.54, 1.807) is 38.6 Å². The van der Waals surface area contributed by atoms with E-state index in [4.69, 9.17) is 9.47 Å². The number of ketones is 1. The Bertz CT molecular complexity index is 603. The van der Waals surface area contributed by atoms with Crippen molar-refractivity contribution in [3.05, 3.63) is 40.1 Å². The highest BCUT2D eigenvalue weighted by molar-refractivity contribution is 9.10. The summed E-state index contributed by atoms with van der Waals surface area (Å²) in [5.41, 5.74) is 0.941. The van der Waals surface area contributed by atoms with Gasteiger partial charge in [0.2, 0.25) is 5.78 Å². The fourth-order valence-corrected chi connectivity index (χ4v) is 2.31. The van der Waals surface area contributed by atoms with E-state index in [2.05, 4.69) is 21.0 Å². The molecule has 1 heterocycles. The van der Waals surface area contributed by atoms with E-state index in [-0.39, 0.29) is 5.78 Å². The zero-order valence-corrected chi connectivity index (χ0v) is 12.4. The van der Waals surface area contributed by atoms with Gasteiger partial charge in [0.1, 0.15) is 17.2 Å². The second-order valence-electron chi connectivity index (χ2n) is 3.86. The smallest absolute Gasteiger partial charge is 0.215 e. The molecule has 0 spiro atoms. The molecule has 0 aliphatic heterocycles. The predicted molar refractivity (Wildman–Crippen MR) is 73.9 cm³/mol. The summed E-state index contributed by atoms with van der Waals surface area (Å²) >= 11 is 3.32. The Morgan fingerprint density at radius 2 is 2.05 bits per heavy atom. The summed E-state index contributed by atoms with van der Waals surface area (Å²) in [6.07, 6.45) is 1.59. The standard InChI is InChI=1S/C13H13BrN2O3/c1-16-12(10(14)7-15-16)13(17)9-5-4-8(18-2)6-11(9)19-3/h4-7H,1-3H3. The Labute approximate surface area is 119 Å². The number of aromatic nitrogens is 2. The largest absolute Gasteiger partial charge is 0.497 e. The van der Waals surface area contributed by atoms with Crippen molar-refractivity contribution in [3.63, 3.8) is 0 Å². The van der Waals surface area contributed by atoms with Crippen LogP contribution in [0, 0.1) is 0 Å². The minimum absolute atomic E-state index is 0.161. The number of aryl methyl sites for hydroxylation is 1. The van der Waals surface area contributed by atoms with Crippen molar-refractivity contribution in [2.45, 2.75) is 0 Å². The topological polar surface area (TPSA) is 53.3 Å². The molecule has 1 aromatic carbocycles. The van der Waals surface area contributed by atoms with Gasteiger partial charge in [-0.05, 0) is 28.1 Å². The van der Waals surface area contributed by atoms with Gasteiger partial charge in [0.15, 0.2) is 0 Å². The van der Waals surface area contributed by atoms with Crippen molar-refractivity contribution in [1.29, 1.82) is 0 Å². The molecule has 100 valence electrons. The van der Waals surface area contributed by atoms with Gasteiger partial charge in [0, 0.05) is 13.1 Å². The lowest BCUT2D eigenvalue weighted by atomic mass is 10.1. The number of benzene rings is 1. The highest BCUT2D eigenvalue weighted by Crippen LogP contribution is 2.28. The minimum atomic E-state index is -0.161. The first-order chi connectivity index (χ1) is 9.08. The van der Waals surface area contributed by atoms with Gasteiger partial charge in [-0.2, -0.15) is 5.10 Å². The van der Waals surface area contributed by atoms with Gasteiger partial charge < -0.3 is 9.47 Å². The van der Waals surface area contributed by atoms with E-state index >= 15 is 0 Å². The third-order valence-electron chi connectivity index (χ3n) is 2.76. The Morgan fingerprint density at radius 1 is 1.32 bits per heavy atom. The first kappa shape index (κ1) is 13.6. The Balaban J connectivity index is 2.50. The Morgan fingerprint density at radius 3 is 2.58 bits per heavy atom. The number of rotatable bonds is 4. The van der Waals surface area contributed by atoms with Gasteiger partial charge in [-0.1, -0.05) is 0 Å². The Hall–Kier alpha value is -1.82. The van der Waals surface area contributed by atoms with Gasteiger partial charge >= 0.3 is 0 Å². The first-order valence-electron chi connectivity index (χ1n) is 5.52. The number of nitrogens with zero attached hydrogens (tertiary/aromatic N) is 2. The monoisotopic (exact) mass is 324 g/mol. The summed E-state index contributed by atoms with van der Waals surface area (Å²) in [6, 6.07) is 5.08. The number of hydrogen-bond donors (Lipinski definition) is 0. The molecule has 0 saturated heterocycles. The van der Waals surface area contributed by atoms with E-state index in [0.29, 0.717) is 27.2 Å². The van der Waals surface area contributed by atoms with Crippen LogP contribution in [-0.4, -0.2) is 29.8 Å². The normalized spacial score (nSPS) is 10.3. The molecular weight excluding hydrogens is 312 g/mol. The molecule has 0 aliphatic rings. The minimum Gasteiger partial charge on any atom is -0.497 e. The summed E-state index contributed by atoms with van der Waals surface area (Å²) in [4.78, 5) is 12.5. The van der Waals surface area contributed by atoms with Crippen LogP contribution in [0.25, 0.3) is 0 Å².